The lowest BCUT2D eigenvalue weighted by atomic mass is 10.2. The summed E-state index contributed by atoms with van der Waals surface area (Å²) >= 11 is 1.59. The molecule has 0 aliphatic rings. The Kier molecular flexibility index (Phi) is 6.99. The molecule has 0 unspecified atom stereocenters. The fourth-order valence-corrected chi connectivity index (χ4v) is 2.86. The molecule has 4 nitrogen and oxygen atoms in total. The first-order valence-electron chi connectivity index (χ1n) is 6.60. The average Bonchev–Trinajstić information content (AvgIpc) is 2.80. The van der Waals surface area contributed by atoms with Gasteiger partial charge in [-0.3, -0.25) is 4.90 Å². The van der Waals surface area contributed by atoms with Crippen molar-refractivity contribution in [3.63, 3.8) is 0 Å². The summed E-state index contributed by atoms with van der Waals surface area (Å²) in [5.41, 5.74) is 0. The van der Waals surface area contributed by atoms with E-state index in [1.165, 1.54) is 4.88 Å². The Morgan fingerprint density at radius 1 is 1.55 bits per heavy atom. The molecular weight excluding hydrogens is 272 g/mol. The third kappa shape index (κ3) is 6.50. The number of thiophene rings is 1. The van der Waals surface area contributed by atoms with Crippen LogP contribution in [0.5, 0.6) is 0 Å². The molecule has 1 heterocycles. The molecule has 0 fully saturated rings. The van der Waals surface area contributed by atoms with Crippen molar-refractivity contribution in [2.24, 2.45) is 5.92 Å². The van der Waals surface area contributed by atoms with Crippen LogP contribution in [0.1, 0.15) is 30.0 Å². The highest BCUT2D eigenvalue weighted by molar-refractivity contribution is 7.12. The van der Waals surface area contributed by atoms with Crippen molar-refractivity contribution in [3.8, 4) is 6.07 Å². The standard InChI is InChI=1S/C15H20N2O2S/c1-12(2)10-17(9-3-8-16)11-14-5-4-13(20-14)6-7-15(18)19/h4-7,12H,3,9-11H2,1-2H3,(H,18,19). The van der Waals surface area contributed by atoms with Crippen molar-refractivity contribution in [3.05, 3.63) is 28.0 Å². The second-order valence-corrected chi connectivity index (χ2v) is 6.21. The van der Waals surface area contributed by atoms with Crippen molar-refractivity contribution in [2.75, 3.05) is 13.1 Å². The van der Waals surface area contributed by atoms with Gasteiger partial charge in [0.15, 0.2) is 0 Å². The molecule has 0 amide bonds. The van der Waals surface area contributed by atoms with Crippen molar-refractivity contribution >= 4 is 23.4 Å². The zero-order valence-electron chi connectivity index (χ0n) is 11.9. The molecular formula is C15H20N2O2S. The number of aliphatic carboxylic acids is 1. The van der Waals surface area contributed by atoms with Crippen molar-refractivity contribution in [1.82, 2.24) is 4.90 Å². The lowest BCUT2D eigenvalue weighted by Crippen LogP contribution is -2.27. The second-order valence-electron chi connectivity index (χ2n) is 5.01. The van der Waals surface area contributed by atoms with Crippen molar-refractivity contribution in [2.45, 2.75) is 26.8 Å². The fourth-order valence-electron chi connectivity index (χ4n) is 1.90. The maximum absolute atomic E-state index is 10.5. The summed E-state index contributed by atoms with van der Waals surface area (Å²) in [5, 5.41) is 17.3. The normalized spacial score (nSPS) is 11.3. The van der Waals surface area contributed by atoms with Crippen LogP contribution in [0.2, 0.25) is 0 Å². The molecule has 0 aromatic carbocycles. The molecule has 1 rings (SSSR count). The van der Waals surface area contributed by atoms with Gasteiger partial charge in [0.2, 0.25) is 0 Å². The number of nitriles is 1. The minimum absolute atomic E-state index is 0.532. The second kappa shape index (κ2) is 8.51. The molecule has 0 spiro atoms. The third-order valence-electron chi connectivity index (χ3n) is 2.62. The van der Waals surface area contributed by atoms with Crippen LogP contribution >= 0.6 is 11.3 Å². The first-order valence-corrected chi connectivity index (χ1v) is 7.42. The SMILES string of the molecule is CC(C)CN(CCC#N)Cc1ccc(C=CC(=O)O)s1. The van der Waals surface area contributed by atoms with Crippen molar-refractivity contribution < 1.29 is 9.90 Å². The number of nitrogens with zero attached hydrogens (tertiary/aromatic N) is 2. The predicted molar refractivity (Wildman–Crippen MR) is 81.3 cm³/mol. The number of hydrogen-bond acceptors (Lipinski definition) is 4. The maximum atomic E-state index is 10.5. The van der Waals surface area contributed by atoms with E-state index >= 15 is 0 Å². The number of carboxylic acid groups (broad SMARTS) is 1. The quantitative estimate of drug-likeness (QED) is 0.747. The van der Waals surface area contributed by atoms with E-state index in [0.29, 0.717) is 12.3 Å². The summed E-state index contributed by atoms with van der Waals surface area (Å²) in [6.07, 6.45) is 3.29. The zero-order chi connectivity index (χ0) is 15.0. The number of carboxylic acids is 1. The Morgan fingerprint density at radius 3 is 2.90 bits per heavy atom. The molecule has 0 aliphatic heterocycles. The molecule has 0 saturated carbocycles. The predicted octanol–water partition coefficient (Wildman–Crippen LogP) is 3.22. The van der Waals surface area contributed by atoms with Crippen LogP contribution in [0, 0.1) is 17.2 Å². The van der Waals surface area contributed by atoms with E-state index in [9.17, 15) is 4.79 Å². The molecule has 20 heavy (non-hydrogen) atoms. The Balaban J connectivity index is 2.64. The molecule has 0 aliphatic carbocycles. The van der Waals surface area contributed by atoms with Crippen LogP contribution in [0.3, 0.4) is 0 Å². The molecule has 0 bridgehead atoms. The number of hydrogen-bond donors (Lipinski definition) is 1. The number of rotatable bonds is 8. The monoisotopic (exact) mass is 292 g/mol. The van der Waals surface area contributed by atoms with Crippen LogP contribution in [-0.4, -0.2) is 29.1 Å². The average molecular weight is 292 g/mol. The first kappa shape index (κ1) is 16.4. The van der Waals surface area contributed by atoms with Gasteiger partial charge in [0, 0.05) is 41.9 Å². The van der Waals surface area contributed by atoms with Crippen LogP contribution in [-0.2, 0) is 11.3 Å². The molecule has 108 valence electrons. The summed E-state index contributed by atoms with van der Waals surface area (Å²) in [7, 11) is 0. The van der Waals surface area contributed by atoms with Gasteiger partial charge in [-0.15, -0.1) is 11.3 Å². The molecule has 1 aromatic rings. The van der Waals surface area contributed by atoms with Crippen molar-refractivity contribution in [1.29, 1.82) is 5.26 Å². The van der Waals surface area contributed by atoms with E-state index in [4.69, 9.17) is 10.4 Å². The van der Waals surface area contributed by atoms with Crippen LogP contribution in [0.15, 0.2) is 18.2 Å². The lowest BCUT2D eigenvalue weighted by molar-refractivity contribution is -0.131. The van der Waals surface area contributed by atoms with E-state index < -0.39 is 5.97 Å². The van der Waals surface area contributed by atoms with Gasteiger partial charge >= 0.3 is 5.97 Å². The van der Waals surface area contributed by atoms with Gasteiger partial charge in [0.1, 0.15) is 0 Å². The van der Waals surface area contributed by atoms with Gasteiger partial charge in [-0.1, -0.05) is 13.8 Å². The highest BCUT2D eigenvalue weighted by Crippen LogP contribution is 2.20. The van der Waals surface area contributed by atoms with E-state index in [0.717, 1.165) is 30.6 Å². The van der Waals surface area contributed by atoms with Gasteiger partial charge in [-0.25, -0.2) is 4.79 Å². The van der Waals surface area contributed by atoms with Gasteiger partial charge in [0.25, 0.3) is 0 Å². The van der Waals surface area contributed by atoms with E-state index in [1.54, 1.807) is 17.4 Å². The zero-order valence-corrected chi connectivity index (χ0v) is 12.7. The molecule has 0 atom stereocenters. The molecule has 0 radical (unpaired) electrons. The Morgan fingerprint density at radius 2 is 2.30 bits per heavy atom. The van der Waals surface area contributed by atoms with Crippen LogP contribution in [0.4, 0.5) is 0 Å². The summed E-state index contributed by atoms with van der Waals surface area (Å²) in [6.45, 7) is 6.86. The maximum Gasteiger partial charge on any atom is 0.328 e. The third-order valence-corrected chi connectivity index (χ3v) is 3.65. The number of carbonyl (C=O) groups is 1. The van der Waals surface area contributed by atoms with Crippen LogP contribution < -0.4 is 0 Å². The highest BCUT2D eigenvalue weighted by Gasteiger charge is 2.09. The molecule has 1 aromatic heterocycles. The molecule has 0 saturated heterocycles. The van der Waals surface area contributed by atoms with E-state index in [-0.39, 0.29) is 0 Å². The van der Waals surface area contributed by atoms with Gasteiger partial charge in [-0.05, 0) is 24.1 Å². The Labute approximate surface area is 124 Å². The topological polar surface area (TPSA) is 64.3 Å². The minimum Gasteiger partial charge on any atom is -0.478 e. The summed E-state index contributed by atoms with van der Waals surface area (Å²) in [6, 6.07) is 6.13. The fraction of sp³-hybridized carbons (Fsp3) is 0.467. The smallest absolute Gasteiger partial charge is 0.328 e. The lowest BCUT2D eigenvalue weighted by Gasteiger charge is -2.22. The highest BCUT2D eigenvalue weighted by atomic mass is 32.1. The van der Waals surface area contributed by atoms with Crippen LogP contribution in [0.25, 0.3) is 6.08 Å². The Hall–Kier alpha value is -1.64. The van der Waals surface area contributed by atoms with Gasteiger partial charge in [-0.2, -0.15) is 5.26 Å². The first-order chi connectivity index (χ1) is 9.51. The Bertz CT molecular complexity index is 500. The van der Waals surface area contributed by atoms with Gasteiger partial charge < -0.3 is 5.11 Å². The summed E-state index contributed by atoms with van der Waals surface area (Å²) in [4.78, 5) is 14.9. The largest absolute Gasteiger partial charge is 0.478 e. The summed E-state index contributed by atoms with van der Waals surface area (Å²) in [5.74, 6) is -0.379. The van der Waals surface area contributed by atoms with Gasteiger partial charge in [0.05, 0.1) is 6.07 Å². The van der Waals surface area contributed by atoms with E-state index in [1.807, 2.05) is 12.1 Å². The minimum atomic E-state index is -0.935. The summed E-state index contributed by atoms with van der Waals surface area (Å²) < 4.78 is 0. The molecule has 5 heteroatoms. The molecule has 1 N–H and O–H groups in total. The van der Waals surface area contributed by atoms with E-state index in [2.05, 4.69) is 24.8 Å².